The van der Waals surface area contributed by atoms with Crippen LogP contribution in [-0.2, 0) is 11.3 Å². The summed E-state index contributed by atoms with van der Waals surface area (Å²) in [7, 11) is 0. The van der Waals surface area contributed by atoms with E-state index in [9.17, 15) is 13.6 Å². The molecule has 1 aliphatic heterocycles. The number of nitrogens with zero attached hydrogens (tertiary/aromatic N) is 3. The Morgan fingerprint density at radius 1 is 1.17 bits per heavy atom. The van der Waals surface area contributed by atoms with Gasteiger partial charge in [-0.1, -0.05) is 0 Å². The van der Waals surface area contributed by atoms with Crippen LogP contribution in [0.25, 0.3) is 10.9 Å². The number of nitriles is 1. The van der Waals surface area contributed by atoms with Crippen LogP contribution in [0.5, 0.6) is 0 Å². The van der Waals surface area contributed by atoms with Crippen molar-refractivity contribution in [1.82, 2.24) is 9.47 Å². The summed E-state index contributed by atoms with van der Waals surface area (Å²) in [6.45, 7) is 4.06. The van der Waals surface area contributed by atoms with Crippen molar-refractivity contribution >= 4 is 10.9 Å². The predicted octanol–water partition coefficient (Wildman–Crippen LogP) is 1.48. The van der Waals surface area contributed by atoms with Gasteiger partial charge in [0.25, 0.3) is 0 Å². The summed E-state index contributed by atoms with van der Waals surface area (Å²) in [5.74, 6) is -2.11. The molecule has 1 aromatic carbocycles. The van der Waals surface area contributed by atoms with Crippen LogP contribution >= 0.6 is 0 Å². The molecule has 0 amide bonds. The highest BCUT2D eigenvalue weighted by Gasteiger charge is 2.15. The molecule has 0 saturated carbocycles. The Bertz CT molecular complexity index is 836. The molecule has 7 heteroatoms. The lowest BCUT2D eigenvalue weighted by molar-refractivity contribution is 0.0365. The molecule has 1 aliphatic rings. The number of aromatic nitrogens is 1. The van der Waals surface area contributed by atoms with E-state index in [1.165, 1.54) is 6.20 Å². The quantitative estimate of drug-likeness (QED) is 0.860. The lowest BCUT2D eigenvalue weighted by Gasteiger charge is -2.27. The van der Waals surface area contributed by atoms with Crippen molar-refractivity contribution in [2.24, 2.45) is 0 Å². The van der Waals surface area contributed by atoms with Gasteiger partial charge in [-0.25, -0.2) is 8.78 Å². The van der Waals surface area contributed by atoms with Gasteiger partial charge in [0, 0.05) is 38.4 Å². The van der Waals surface area contributed by atoms with E-state index in [0.29, 0.717) is 31.8 Å². The van der Waals surface area contributed by atoms with Crippen molar-refractivity contribution in [1.29, 1.82) is 5.26 Å². The second kappa shape index (κ2) is 6.44. The third-order valence-electron chi connectivity index (χ3n) is 4.00. The van der Waals surface area contributed by atoms with Gasteiger partial charge in [-0.3, -0.25) is 9.69 Å². The van der Waals surface area contributed by atoms with Crippen molar-refractivity contribution in [3.8, 4) is 6.07 Å². The number of morpholine rings is 1. The smallest absolute Gasteiger partial charge is 0.207 e. The molecule has 0 atom stereocenters. The van der Waals surface area contributed by atoms with Gasteiger partial charge in [0.1, 0.15) is 11.6 Å². The average Bonchev–Trinajstić information content (AvgIpc) is 2.57. The zero-order chi connectivity index (χ0) is 16.4. The number of fused-ring (bicyclic) bond motifs is 1. The number of rotatable bonds is 3. The lowest BCUT2D eigenvalue weighted by atomic mass is 10.1. The maximum Gasteiger partial charge on any atom is 0.207 e. The minimum absolute atomic E-state index is 0.0185. The molecule has 23 heavy (non-hydrogen) atoms. The third kappa shape index (κ3) is 3.09. The van der Waals surface area contributed by atoms with Crippen molar-refractivity contribution in [2.75, 3.05) is 32.8 Å². The summed E-state index contributed by atoms with van der Waals surface area (Å²) in [6.07, 6.45) is 1.41. The molecule has 0 aliphatic carbocycles. The molecule has 120 valence electrons. The fourth-order valence-electron chi connectivity index (χ4n) is 2.72. The molecule has 0 N–H and O–H groups in total. The molecule has 0 bridgehead atoms. The Balaban J connectivity index is 2.01. The van der Waals surface area contributed by atoms with Crippen molar-refractivity contribution in [2.45, 2.75) is 6.54 Å². The van der Waals surface area contributed by atoms with Gasteiger partial charge >= 0.3 is 0 Å². The highest BCUT2D eigenvalue weighted by Crippen LogP contribution is 2.17. The molecular weight excluding hydrogens is 304 g/mol. The van der Waals surface area contributed by atoms with Gasteiger partial charge in [0.05, 0.1) is 24.1 Å². The van der Waals surface area contributed by atoms with E-state index < -0.39 is 17.1 Å². The second-order valence-corrected chi connectivity index (χ2v) is 5.41. The molecule has 0 radical (unpaired) electrons. The van der Waals surface area contributed by atoms with Crippen LogP contribution in [0, 0.1) is 23.0 Å². The van der Waals surface area contributed by atoms with Gasteiger partial charge in [-0.2, -0.15) is 5.26 Å². The summed E-state index contributed by atoms with van der Waals surface area (Å²) >= 11 is 0. The van der Waals surface area contributed by atoms with E-state index in [4.69, 9.17) is 10.00 Å². The predicted molar refractivity (Wildman–Crippen MR) is 80.1 cm³/mol. The zero-order valence-electron chi connectivity index (χ0n) is 12.4. The Kier molecular flexibility index (Phi) is 4.37. The Hall–Kier alpha value is -2.30. The van der Waals surface area contributed by atoms with E-state index in [2.05, 4.69) is 4.90 Å². The fourth-order valence-corrected chi connectivity index (χ4v) is 2.72. The average molecular weight is 319 g/mol. The summed E-state index contributed by atoms with van der Waals surface area (Å²) in [6, 6.07) is 3.68. The maximum atomic E-state index is 13.6. The van der Waals surface area contributed by atoms with Gasteiger partial charge in [-0.05, 0) is 6.07 Å². The Morgan fingerprint density at radius 3 is 2.57 bits per heavy atom. The van der Waals surface area contributed by atoms with Gasteiger partial charge in [0.2, 0.25) is 5.43 Å². The first-order chi connectivity index (χ1) is 11.1. The van der Waals surface area contributed by atoms with E-state index in [0.717, 1.165) is 25.2 Å². The van der Waals surface area contributed by atoms with Gasteiger partial charge in [0.15, 0.2) is 11.6 Å². The van der Waals surface area contributed by atoms with E-state index >= 15 is 0 Å². The number of benzene rings is 1. The fraction of sp³-hybridized carbons (Fsp3) is 0.375. The first-order valence-electron chi connectivity index (χ1n) is 7.32. The Morgan fingerprint density at radius 2 is 1.87 bits per heavy atom. The summed E-state index contributed by atoms with van der Waals surface area (Å²) in [5.41, 5.74) is -0.365. The monoisotopic (exact) mass is 319 g/mol. The summed E-state index contributed by atoms with van der Waals surface area (Å²) in [5, 5.41) is 9.10. The maximum absolute atomic E-state index is 13.6. The van der Waals surface area contributed by atoms with Gasteiger partial charge in [-0.15, -0.1) is 0 Å². The summed E-state index contributed by atoms with van der Waals surface area (Å²) < 4.78 is 33.9. The largest absolute Gasteiger partial charge is 0.379 e. The number of hydrogen-bond acceptors (Lipinski definition) is 4. The Labute approximate surface area is 131 Å². The highest BCUT2D eigenvalue weighted by atomic mass is 19.2. The summed E-state index contributed by atoms with van der Waals surface area (Å²) in [4.78, 5) is 14.3. The molecule has 1 saturated heterocycles. The van der Waals surface area contributed by atoms with Crippen LogP contribution < -0.4 is 5.43 Å². The highest BCUT2D eigenvalue weighted by molar-refractivity contribution is 5.80. The number of pyridine rings is 1. The number of hydrogen-bond donors (Lipinski definition) is 0. The van der Waals surface area contributed by atoms with Crippen LogP contribution in [0.3, 0.4) is 0 Å². The first-order valence-corrected chi connectivity index (χ1v) is 7.32. The minimum Gasteiger partial charge on any atom is -0.379 e. The van der Waals surface area contributed by atoms with E-state index in [-0.39, 0.29) is 10.9 Å². The number of ether oxygens (including phenoxy) is 1. The topological polar surface area (TPSA) is 58.3 Å². The van der Waals surface area contributed by atoms with Gasteiger partial charge < -0.3 is 9.30 Å². The van der Waals surface area contributed by atoms with E-state index in [1.54, 1.807) is 4.57 Å². The van der Waals surface area contributed by atoms with Crippen molar-refractivity contribution in [3.63, 3.8) is 0 Å². The normalized spacial score (nSPS) is 15.7. The third-order valence-corrected chi connectivity index (χ3v) is 4.00. The molecule has 2 aromatic rings. The first kappa shape index (κ1) is 15.6. The molecule has 1 aromatic heterocycles. The molecule has 2 heterocycles. The SMILES string of the molecule is N#Cc1cn(CCN2CCOCC2)c2cc(F)c(F)cc2c1=O. The second-order valence-electron chi connectivity index (χ2n) is 5.41. The molecule has 3 rings (SSSR count). The van der Waals surface area contributed by atoms with Crippen molar-refractivity contribution in [3.05, 3.63) is 45.8 Å². The van der Waals surface area contributed by atoms with Crippen molar-refractivity contribution < 1.29 is 13.5 Å². The van der Waals surface area contributed by atoms with Crippen LogP contribution in [0.4, 0.5) is 8.78 Å². The lowest BCUT2D eigenvalue weighted by Crippen LogP contribution is -2.38. The standard InChI is InChI=1S/C16H15F2N3O2/c17-13-7-12-15(8-14(13)18)21(10-11(9-19)16(12)22)2-1-20-3-5-23-6-4-20/h7-8,10H,1-6H2. The number of halogens is 2. The van der Waals surface area contributed by atoms with Crippen LogP contribution in [-0.4, -0.2) is 42.3 Å². The van der Waals surface area contributed by atoms with Crippen LogP contribution in [0.1, 0.15) is 5.56 Å². The molecule has 1 fully saturated rings. The molecular formula is C16H15F2N3O2. The molecule has 0 spiro atoms. The zero-order valence-corrected chi connectivity index (χ0v) is 12.4. The molecule has 0 unspecified atom stereocenters. The molecule has 5 nitrogen and oxygen atoms in total. The van der Waals surface area contributed by atoms with Crippen LogP contribution in [0.2, 0.25) is 0 Å². The van der Waals surface area contributed by atoms with E-state index in [1.807, 2.05) is 6.07 Å². The van der Waals surface area contributed by atoms with Crippen LogP contribution in [0.15, 0.2) is 23.1 Å². The minimum atomic E-state index is -1.09.